The summed E-state index contributed by atoms with van der Waals surface area (Å²) in [5.74, 6) is 0.338. The van der Waals surface area contributed by atoms with Gasteiger partial charge in [-0.15, -0.1) is 0 Å². The third-order valence-electron chi connectivity index (χ3n) is 3.38. The van der Waals surface area contributed by atoms with E-state index in [1.807, 2.05) is 0 Å². The van der Waals surface area contributed by atoms with Crippen molar-refractivity contribution >= 4 is 39.4 Å². The summed E-state index contributed by atoms with van der Waals surface area (Å²) in [6.45, 7) is -0.373. The van der Waals surface area contributed by atoms with Gasteiger partial charge in [-0.25, -0.2) is 9.97 Å². The van der Waals surface area contributed by atoms with Gasteiger partial charge < -0.3 is 30.4 Å². The van der Waals surface area contributed by atoms with E-state index in [-0.39, 0.29) is 6.61 Å². The predicted octanol–water partition coefficient (Wildman–Crippen LogP) is -0.770. The van der Waals surface area contributed by atoms with Crippen LogP contribution in [0.3, 0.4) is 0 Å². The van der Waals surface area contributed by atoms with Crippen LogP contribution in [-0.4, -0.2) is 54.8 Å². The molecule has 0 spiro atoms. The van der Waals surface area contributed by atoms with Crippen molar-refractivity contribution in [1.29, 1.82) is 0 Å². The fourth-order valence-corrected chi connectivity index (χ4v) is 3.18. The molecule has 108 valence electrons. The van der Waals surface area contributed by atoms with Gasteiger partial charge in [-0.05, 0) is 22.6 Å². The van der Waals surface area contributed by atoms with Gasteiger partial charge in [-0.3, -0.25) is 0 Å². The first-order chi connectivity index (χ1) is 9.54. The van der Waals surface area contributed by atoms with Gasteiger partial charge in [-0.2, -0.15) is 0 Å². The fourth-order valence-electron chi connectivity index (χ4n) is 2.37. The summed E-state index contributed by atoms with van der Waals surface area (Å²) >= 11 is 2.09. The molecule has 0 amide bonds. The third kappa shape index (κ3) is 1.97. The van der Waals surface area contributed by atoms with E-state index in [1.54, 1.807) is 10.8 Å². The van der Waals surface area contributed by atoms with Crippen molar-refractivity contribution in [3.05, 3.63) is 16.1 Å². The van der Waals surface area contributed by atoms with Crippen LogP contribution in [0.2, 0.25) is 0 Å². The molecule has 3 rings (SSSR count). The van der Waals surface area contributed by atoms with Gasteiger partial charge in [0.2, 0.25) is 0 Å². The van der Waals surface area contributed by atoms with E-state index in [2.05, 4.69) is 32.6 Å². The lowest BCUT2D eigenvalue weighted by atomic mass is 10.1. The lowest BCUT2D eigenvalue weighted by Crippen LogP contribution is -2.33. The van der Waals surface area contributed by atoms with Crippen molar-refractivity contribution < 1.29 is 20.1 Å². The summed E-state index contributed by atoms with van der Waals surface area (Å²) in [7, 11) is 0. The zero-order valence-electron chi connectivity index (χ0n) is 10.2. The molecular formula is C11H13IN4O4. The highest BCUT2D eigenvalue weighted by Crippen LogP contribution is 2.34. The molecule has 1 saturated heterocycles. The highest BCUT2D eigenvalue weighted by molar-refractivity contribution is 14.1. The van der Waals surface area contributed by atoms with E-state index >= 15 is 0 Å². The van der Waals surface area contributed by atoms with Crippen LogP contribution in [0.5, 0.6) is 0 Å². The Labute approximate surface area is 127 Å². The van der Waals surface area contributed by atoms with Gasteiger partial charge in [0.05, 0.1) is 12.0 Å². The van der Waals surface area contributed by atoms with Crippen LogP contribution in [0.1, 0.15) is 6.23 Å². The maximum atomic E-state index is 10.1. The molecule has 0 aromatic carbocycles. The first-order valence-corrected chi connectivity index (χ1v) is 7.01. The molecule has 2 aromatic heterocycles. The molecule has 0 aliphatic carbocycles. The number of halogens is 1. The van der Waals surface area contributed by atoms with Crippen LogP contribution >= 0.6 is 22.6 Å². The minimum absolute atomic E-state index is 0.338. The topological polar surface area (TPSA) is 127 Å². The highest BCUT2D eigenvalue weighted by atomic mass is 127. The zero-order valence-corrected chi connectivity index (χ0v) is 12.4. The maximum absolute atomic E-state index is 10.1. The molecule has 2 aromatic rings. The third-order valence-corrected chi connectivity index (χ3v) is 4.20. The zero-order chi connectivity index (χ0) is 14.4. The molecule has 0 bridgehead atoms. The normalized spacial score (nSPS) is 30.2. The summed E-state index contributed by atoms with van der Waals surface area (Å²) in [5, 5.41) is 29.7. The lowest BCUT2D eigenvalue weighted by Gasteiger charge is -2.17. The second-order valence-corrected chi connectivity index (χ2v) is 5.73. The number of nitrogens with zero attached hydrogens (tertiary/aromatic N) is 3. The van der Waals surface area contributed by atoms with Crippen molar-refractivity contribution in [1.82, 2.24) is 14.5 Å². The minimum Gasteiger partial charge on any atom is -0.394 e. The minimum atomic E-state index is -1.16. The van der Waals surface area contributed by atoms with Gasteiger partial charge in [-0.1, -0.05) is 0 Å². The Bertz CT molecular complexity index is 649. The number of anilines is 1. The van der Waals surface area contributed by atoms with Gasteiger partial charge >= 0.3 is 0 Å². The Balaban J connectivity index is 2.10. The monoisotopic (exact) mass is 392 g/mol. The molecule has 0 unspecified atom stereocenters. The fraction of sp³-hybridized carbons (Fsp3) is 0.455. The largest absolute Gasteiger partial charge is 0.394 e. The van der Waals surface area contributed by atoms with Crippen LogP contribution in [0.15, 0.2) is 12.5 Å². The van der Waals surface area contributed by atoms with Gasteiger partial charge in [0.25, 0.3) is 0 Å². The summed E-state index contributed by atoms with van der Waals surface area (Å²) in [6.07, 6.45) is -0.928. The maximum Gasteiger partial charge on any atom is 0.164 e. The summed E-state index contributed by atoms with van der Waals surface area (Å²) in [6, 6.07) is 0. The number of ether oxygens (including phenoxy) is 1. The number of hydrogen-bond acceptors (Lipinski definition) is 7. The summed E-state index contributed by atoms with van der Waals surface area (Å²) < 4.78 is 7.90. The summed E-state index contributed by atoms with van der Waals surface area (Å²) in [5.41, 5.74) is 6.33. The molecule has 4 atom stereocenters. The first kappa shape index (κ1) is 13.9. The van der Waals surface area contributed by atoms with E-state index in [0.717, 1.165) is 3.57 Å². The molecule has 1 fully saturated rings. The Morgan fingerprint density at radius 2 is 2.10 bits per heavy atom. The second-order valence-electron chi connectivity index (χ2n) is 4.57. The molecule has 5 N–H and O–H groups in total. The Hall–Kier alpha value is -1.01. The summed E-state index contributed by atoms with van der Waals surface area (Å²) in [4.78, 5) is 8.08. The number of aliphatic hydroxyl groups excluding tert-OH is 3. The molecule has 1 aliphatic heterocycles. The van der Waals surface area contributed by atoms with Gasteiger partial charge in [0.1, 0.15) is 36.1 Å². The van der Waals surface area contributed by atoms with Crippen molar-refractivity contribution in [2.75, 3.05) is 12.3 Å². The standard InChI is InChI=1S/C11H13IN4O4/c12-4-1-16(10-6(4)9(13)14-3-15-10)11-8(19)7(18)5(2-17)20-11/h1,3,5,7-8,11,17-19H,2H2,(H2,13,14,15)/t5-,7-,8-,11-/m0/s1. The van der Waals surface area contributed by atoms with E-state index in [0.29, 0.717) is 16.9 Å². The Kier molecular flexibility index (Phi) is 3.54. The SMILES string of the molecule is Nc1ncnc2c1c(I)cn2[C@H]1O[C@@H](CO)[C@H](O)[C@@H]1O. The molecule has 9 heteroatoms. The van der Waals surface area contributed by atoms with Crippen molar-refractivity contribution in [2.45, 2.75) is 24.5 Å². The number of nitrogens with two attached hydrogens (primary N) is 1. The van der Waals surface area contributed by atoms with Crippen molar-refractivity contribution in [3.8, 4) is 0 Å². The van der Waals surface area contributed by atoms with E-state index in [1.165, 1.54) is 6.33 Å². The number of fused-ring (bicyclic) bond motifs is 1. The number of aliphatic hydroxyl groups is 3. The van der Waals surface area contributed by atoms with Crippen LogP contribution in [0.25, 0.3) is 11.0 Å². The van der Waals surface area contributed by atoms with E-state index in [9.17, 15) is 10.2 Å². The molecule has 3 heterocycles. The molecule has 0 saturated carbocycles. The molecule has 1 aliphatic rings. The quantitative estimate of drug-likeness (QED) is 0.495. The number of hydrogen-bond donors (Lipinski definition) is 4. The highest BCUT2D eigenvalue weighted by Gasteiger charge is 2.44. The molecule has 8 nitrogen and oxygen atoms in total. The number of rotatable bonds is 2. The lowest BCUT2D eigenvalue weighted by molar-refractivity contribution is -0.0509. The van der Waals surface area contributed by atoms with Crippen molar-refractivity contribution in [2.24, 2.45) is 0 Å². The molecule has 0 radical (unpaired) electrons. The van der Waals surface area contributed by atoms with E-state index < -0.39 is 24.5 Å². The second kappa shape index (κ2) is 5.07. The number of aromatic nitrogens is 3. The predicted molar refractivity (Wildman–Crippen MR) is 77.7 cm³/mol. The van der Waals surface area contributed by atoms with Crippen LogP contribution < -0.4 is 5.73 Å². The van der Waals surface area contributed by atoms with Crippen molar-refractivity contribution in [3.63, 3.8) is 0 Å². The first-order valence-electron chi connectivity index (χ1n) is 5.93. The Morgan fingerprint density at radius 1 is 1.35 bits per heavy atom. The van der Waals surface area contributed by atoms with Gasteiger partial charge in [0.15, 0.2) is 6.23 Å². The van der Waals surface area contributed by atoms with E-state index in [4.69, 9.17) is 15.6 Å². The van der Waals surface area contributed by atoms with Crippen LogP contribution in [0.4, 0.5) is 5.82 Å². The van der Waals surface area contributed by atoms with Crippen LogP contribution in [0, 0.1) is 3.57 Å². The molecule has 20 heavy (non-hydrogen) atoms. The smallest absolute Gasteiger partial charge is 0.164 e. The molecular weight excluding hydrogens is 379 g/mol. The van der Waals surface area contributed by atoms with Gasteiger partial charge in [0, 0.05) is 9.77 Å². The number of nitrogen functional groups attached to an aromatic ring is 1. The average molecular weight is 392 g/mol. The van der Waals surface area contributed by atoms with Crippen LogP contribution in [-0.2, 0) is 4.74 Å². The average Bonchev–Trinajstić information content (AvgIpc) is 2.90. The Morgan fingerprint density at radius 3 is 2.75 bits per heavy atom.